The fourth-order valence-electron chi connectivity index (χ4n) is 2.20. The maximum atomic E-state index is 14.4. The maximum absolute atomic E-state index is 14.4. The van der Waals surface area contributed by atoms with Crippen LogP contribution in [-0.2, 0) is 0 Å². The molecule has 3 aromatic rings. The van der Waals surface area contributed by atoms with Gasteiger partial charge in [0.2, 0.25) is 0 Å². The fraction of sp³-hybridized carbons (Fsp3) is 0.0625. The molecule has 5 heteroatoms. The lowest BCUT2D eigenvalue weighted by molar-refractivity contribution is 0.622. The lowest BCUT2D eigenvalue weighted by Crippen LogP contribution is -1.90. The normalized spacial score (nSPS) is 10.5. The van der Waals surface area contributed by atoms with E-state index in [4.69, 9.17) is 5.73 Å². The third kappa shape index (κ3) is 2.23. The van der Waals surface area contributed by atoms with Gasteiger partial charge in [0.25, 0.3) is 0 Å². The number of nitriles is 1. The monoisotopic (exact) mass is 314 g/mol. The Morgan fingerprint density at radius 3 is 2.71 bits per heavy atom. The molecule has 0 bridgehead atoms. The van der Waals surface area contributed by atoms with Crippen LogP contribution in [0.3, 0.4) is 0 Å². The molecule has 0 radical (unpaired) electrons. The van der Waals surface area contributed by atoms with Crippen LogP contribution in [0.2, 0.25) is 0 Å². The number of anilines is 1. The molecule has 0 aliphatic rings. The van der Waals surface area contributed by atoms with E-state index in [0.29, 0.717) is 26.6 Å². The van der Waals surface area contributed by atoms with Gasteiger partial charge in [-0.2, -0.15) is 5.26 Å². The minimum Gasteiger partial charge on any atom is -0.396 e. The summed E-state index contributed by atoms with van der Waals surface area (Å²) in [5.41, 5.74) is 8.37. The van der Waals surface area contributed by atoms with E-state index in [9.17, 15) is 9.65 Å². The highest BCUT2D eigenvalue weighted by atomic mass is 32.1. The van der Waals surface area contributed by atoms with Crippen molar-refractivity contribution in [3.63, 3.8) is 0 Å². The third-order valence-corrected chi connectivity index (χ3v) is 5.28. The zero-order valence-corrected chi connectivity index (χ0v) is 12.8. The van der Waals surface area contributed by atoms with E-state index >= 15 is 0 Å². The summed E-state index contributed by atoms with van der Waals surface area (Å²) in [6.45, 7) is 1.73. The van der Waals surface area contributed by atoms with Crippen LogP contribution >= 0.6 is 22.7 Å². The molecule has 0 amide bonds. The molecule has 2 nitrogen and oxygen atoms in total. The van der Waals surface area contributed by atoms with Crippen LogP contribution in [0.4, 0.5) is 10.1 Å². The number of hydrogen-bond donors (Lipinski definition) is 1. The summed E-state index contributed by atoms with van der Waals surface area (Å²) in [5.74, 6) is -0.263. The number of nitrogens with two attached hydrogens (primary N) is 1. The van der Waals surface area contributed by atoms with Gasteiger partial charge in [0.1, 0.15) is 16.8 Å². The van der Waals surface area contributed by atoms with Gasteiger partial charge in [-0.05, 0) is 23.9 Å². The predicted molar refractivity (Wildman–Crippen MR) is 86.9 cm³/mol. The van der Waals surface area contributed by atoms with Crippen molar-refractivity contribution in [3.05, 3.63) is 52.0 Å². The highest BCUT2D eigenvalue weighted by Crippen LogP contribution is 2.46. The highest BCUT2D eigenvalue weighted by Gasteiger charge is 2.21. The zero-order valence-electron chi connectivity index (χ0n) is 11.2. The average molecular weight is 314 g/mol. The Hall–Kier alpha value is -2.16. The third-order valence-electron chi connectivity index (χ3n) is 3.25. The van der Waals surface area contributed by atoms with Gasteiger partial charge in [-0.1, -0.05) is 24.3 Å². The minimum atomic E-state index is -0.263. The first-order valence-corrected chi connectivity index (χ1v) is 7.94. The molecular weight excluding hydrogens is 303 g/mol. The SMILES string of the molecule is Cc1cccc(-c2sc(C#N)c(N)c2-c2cccs2)c1F. The van der Waals surface area contributed by atoms with Crippen LogP contribution in [0.5, 0.6) is 0 Å². The Labute approximate surface area is 129 Å². The summed E-state index contributed by atoms with van der Waals surface area (Å²) >= 11 is 2.77. The van der Waals surface area contributed by atoms with E-state index in [2.05, 4.69) is 6.07 Å². The van der Waals surface area contributed by atoms with Crippen molar-refractivity contribution in [3.8, 4) is 27.0 Å². The molecule has 104 valence electrons. The van der Waals surface area contributed by atoms with Crippen LogP contribution in [-0.4, -0.2) is 0 Å². The molecule has 0 fully saturated rings. The summed E-state index contributed by atoms with van der Waals surface area (Å²) in [7, 11) is 0. The Balaban J connectivity index is 2.33. The second kappa shape index (κ2) is 5.32. The van der Waals surface area contributed by atoms with Crippen molar-refractivity contribution in [2.24, 2.45) is 0 Å². The predicted octanol–water partition coefficient (Wildman–Crippen LogP) is 5.05. The van der Waals surface area contributed by atoms with Gasteiger partial charge in [0, 0.05) is 20.9 Å². The van der Waals surface area contributed by atoms with Gasteiger partial charge in [0.15, 0.2) is 0 Å². The van der Waals surface area contributed by atoms with Crippen molar-refractivity contribution in [2.75, 3.05) is 5.73 Å². The number of rotatable bonds is 2. The number of nitrogen functional groups attached to an aromatic ring is 1. The molecular formula is C16H11FN2S2. The smallest absolute Gasteiger partial charge is 0.134 e. The van der Waals surface area contributed by atoms with Gasteiger partial charge < -0.3 is 5.73 Å². The summed E-state index contributed by atoms with van der Waals surface area (Å²) in [6.07, 6.45) is 0. The van der Waals surface area contributed by atoms with E-state index in [1.807, 2.05) is 23.6 Å². The molecule has 3 rings (SSSR count). The average Bonchev–Trinajstić information content (AvgIpc) is 3.09. The Kier molecular flexibility index (Phi) is 3.50. The Bertz CT molecular complexity index is 842. The molecule has 0 unspecified atom stereocenters. The number of nitrogens with zero attached hydrogens (tertiary/aromatic N) is 1. The van der Waals surface area contributed by atoms with Crippen molar-refractivity contribution >= 4 is 28.4 Å². The van der Waals surface area contributed by atoms with Crippen molar-refractivity contribution < 1.29 is 4.39 Å². The fourth-order valence-corrected chi connectivity index (χ4v) is 4.11. The Morgan fingerprint density at radius 1 is 1.24 bits per heavy atom. The van der Waals surface area contributed by atoms with E-state index < -0.39 is 0 Å². The quantitative estimate of drug-likeness (QED) is 0.720. The van der Waals surface area contributed by atoms with E-state index in [-0.39, 0.29) is 5.82 Å². The molecule has 2 N–H and O–H groups in total. The number of hydrogen-bond acceptors (Lipinski definition) is 4. The van der Waals surface area contributed by atoms with E-state index in [1.165, 1.54) is 22.7 Å². The lowest BCUT2D eigenvalue weighted by Gasteiger charge is -2.06. The Morgan fingerprint density at radius 2 is 2.05 bits per heavy atom. The lowest BCUT2D eigenvalue weighted by atomic mass is 10.0. The number of halogens is 1. The molecule has 0 aliphatic heterocycles. The molecule has 2 aromatic heterocycles. The van der Waals surface area contributed by atoms with Crippen molar-refractivity contribution in [2.45, 2.75) is 6.92 Å². The zero-order chi connectivity index (χ0) is 15.0. The van der Waals surface area contributed by atoms with Crippen molar-refractivity contribution in [1.82, 2.24) is 0 Å². The molecule has 2 heterocycles. The molecule has 0 saturated heterocycles. The summed E-state index contributed by atoms with van der Waals surface area (Å²) in [4.78, 5) is 2.09. The van der Waals surface area contributed by atoms with Gasteiger partial charge >= 0.3 is 0 Å². The summed E-state index contributed by atoms with van der Waals surface area (Å²) < 4.78 is 14.4. The topological polar surface area (TPSA) is 49.8 Å². The van der Waals surface area contributed by atoms with Crippen LogP contribution in [0, 0.1) is 24.1 Å². The summed E-state index contributed by atoms with van der Waals surface area (Å²) in [6, 6.07) is 11.2. The molecule has 0 aliphatic carbocycles. The first-order chi connectivity index (χ1) is 10.1. The second-order valence-corrected chi connectivity index (χ2v) is 6.54. The minimum absolute atomic E-state index is 0.263. The standard InChI is InChI=1S/C16H11FN2S2/c1-9-4-2-5-10(14(9)17)16-13(11-6-3-7-20-11)15(19)12(8-18)21-16/h2-7H,19H2,1H3. The number of aryl methyl sites for hydroxylation is 1. The van der Waals surface area contributed by atoms with Crippen LogP contribution in [0.1, 0.15) is 10.4 Å². The highest BCUT2D eigenvalue weighted by molar-refractivity contribution is 7.18. The van der Waals surface area contributed by atoms with Crippen LogP contribution in [0.25, 0.3) is 20.9 Å². The van der Waals surface area contributed by atoms with Crippen LogP contribution in [0.15, 0.2) is 35.7 Å². The van der Waals surface area contributed by atoms with Crippen molar-refractivity contribution in [1.29, 1.82) is 5.26 Å². The maximum Gasteiger partial charge on any atom is 0.134 e. The van der Waals surface area contributed by atoms with E-state index in [0.717, 1.165) is 10.4 Å². The van der Waals surface area contributed by atoms with Gasteiger partial charge in [-0.25, -0.2) is 4.39 Å². The second-order valence-electron chi connectivity index (χ2n) is 4.57. The molecule has 1 aromatic carbocycles. The molecule has 21 heavy (non-hydrogen) atoms. The molecule has 0 spiro atoms. The summed E-state index contributed by atoms with van der Waals surface area (Å²) in [5, 5.41) is 11.2. The largest absolute Gasteiger partial charge is 0.396 e. The van der Waals surface area contributed by atoms with Gasteiger partial charge in [-0.3, -0.25) is 0 Å². The number of benzene rings is 1. The van der Waals surface area contributed by atoms with Gasteiger partial charge in [0.05, 0.1) is 5.69 Å². The number of thiophene rings is 2. The molecule has 0 saturated carbocycles. The van der Waals surface area contributed by atoms with E-state index in [1.54, 1.807) is 19.1 Å². The first kappa shape index (κ1) is 13.8. The first-order valence-electron chi connectivity index (χ1n) is 6.25. The van der Waals surface area contributed by atoms with Crippen LogP contribution < -0.4 is 5.73 Å². The van der Waals surface area contributed by atoms with Gasteiger partial charge in [-0.15, -0.1) is 22.7 Å². The molecule has 0 atom stereocenters.